The normalized spacial score (nSPS) is 15.8. The number of nitrogens with one attached hydrogen (secondary N) is 2. The second-order valence-corrected chi connectivity index (χ2v) is 9.41. The van der Waals surface area contributed by atoms with E-state index in [9.17, 15) is 4.79 Å². The summed E-state index contributed by atoms with van der Waals surface area (Å²) in [6.07, 6.45) is 2.48. The summed E-state index contributed by atoms with van der Waals surface area (Å²) >= 11 is 1.81. The molecule has 158 valence electrons. The molecule has 1 aliphatic rings. The van der Waals surface area contributed by atoms with E-state index in [1.165, 1.54) is 23.3 Å². The second kappa shape index (κ2) is 9.28. The fourth-order valence-electron chi connectivity index (χ4n) is 4.10. The van der Waals surface area contributed by atoms with Crippen LogP contribution < -0.4 is 10.9 Å². The fourth-order valence-corrected chi connectivity index (χ4v) is 5.22. The van der Waals surface area contributed by atoms with Crippen LogP contribution in [0.25, 0.3) is 5.70 Å². The van der Waals surface area contributed by atoms with Gasteiger partial charge in [-0.25, -0.2) is 0 Å². The molecule has 6 heteroatoms. The van der Waals surface area contributed by atoms with Crippen molar-refractivity contribution in [3.05, 3.63) is 61.2 Å². The molecule has 0 radical (unpaired) electrons. The summed E-state index contributed by atoms with van der Waals surface area (Å²) in [5, 5.41) is 5.56. The average Bonchev–Trinajstić information content (AvgIpc) is 3.01. The van der Waals surface area contributed by atoms with E-state index >= 15 is 0 Å². The number of likely N-dealkylation sites (tertiary alicyclic amines) is 1. The molecule has 0 bridgehead atoms. The zero-order valence-electron chi connectivity index (χ0n) is 18.4. The number of thiophene rings is 1. The molecule has 2 N–H and O–H groups in total. The first kappa shape index (κ1) is 21.8. The van der Waals surface area contributed by atoms with Gasteiger partial charge < -0.3 is 15.2 Å². The van der Waals surface area contributed by atoms with E-state index in [2.05, 4.69) is 53.1 Å². The molecule has 1 aliphatic heterocycles. The molecule has 0 saturated carbocycles. The summed E-state index contributed by atoms with van der Waals surface area (Å²) in [5.74, 6) is 0. The molecule has 3 heterocycles. The zero-order valence-corrected chi connectivity index (χ0v) is 19.2. The zero-order chi connectivity index (χ0) is 21.1. The molecule has 0 aliphatic carbocycles. The Labute approximate surface area is 178 Å². The van der Waals surface area contributed by atoms with Crippen LogP contribution in [0.5, 0.6) is 0 Å². The SMILES string of the molecule is C=C(NCc1c(C)cc(C)[nH]c1=O)c1csc(CN2CCC(N(C)C)CC2)c1C. The average molecular weight is 415 g/mol. The lowest BCUT2D eigenvalue weighted by atomic mass is 10.0. The standard InChI is InChI=1S/C23H34N4OS/c1-15-11-16(2)25-23(28)20(15)12-24-18(4)21-14-29-22(17(21)3)13-27-9-7-19(8-10-27)26(5)6/h11,14,19,24H,4,7-10,12-13H2,1-3,5-6H3,(H,25,28). The van der Waals surface area contributed by atoms with Gasteiger partial charge in [0.1, 0.15) is 0 Å². The van der Waals surface area contributed by atoms with Crippen LogP contribution in [0.4, 0.5) is 0 Å². The lowest BCUT2D eigenvalue weighted by Crippen LogP contribution is -2.41. The smallest absolute Gasteiger partial charge is 0.253 e. The number of H-pyrrole nitrogens is 1. The Balaban J connectivity index is 1.60. The minimum Gasteiger partial charge on any atom is -0.381 e. The van der Waals surface area contributed by atoms with Crippen LogP contribution in [0.1, 0.15) is 45.7 Å². The van der Waals surface area contributed by atoms with Crippen LogP contribution in [-0.2, 0) is 13.1 Å². The van der Waals surface area contributed by atoms with Gasteiger partial charge in [-0.1, -0.05) is 6.58 Å². The van der Waals surface area contributed by atoms with Gasteiger partial charge in [0.05, 0.1) is 0 Å². The highest BCUT2D eigenvalue weighted by molar-refractivity contribution is 7.10. The van der Waals surface area contributed by atoms with Gasteiger partial charge in [0.2, 0.25) is 0 Å². The van der Waals surface area contributed by atoms with Gasteiger partial charge in [-0.15, -0.1) is 11.3 Å². The van der Waals surface area contributed by atoms with Crippen molar-refractivity contribution in [2.24, 2.45) is 0 Å². The predicted molar refractivity (Wildman–Crippen MR) is 123 cm³/mol. The highest BCUT2D eigenvalue weighted by atomic mass is 32.1. The van der Waals surface area contributed by atoms with Crippen molar-refractivity contribution < 1.29 is 0 Å². The summed E-state index contributed by atoms with van der Waals surface area (Å²) in [5.41, 5.74) is 6.00. The number of aromatic amines is 1. The van der Waals surface area contributed by atoms with Gasteiger partial charge in [-0.05, 0) is 64.9 Å². The van der Waals surface area contributed by atoms with Gasteiger partial charge in [-0.3, -0.25) is 9.69 Å². The predicted octanol–water partition coefficient (Wildman–Crippen LogP) is 3.65. The third-order valence-electron chi connectivity index (χ3n) is 6.09. The van der Waals surface area contributed by atoms with Crippen molar-refractivity contribution in [1.82, 2.24) is 20.1 Å². The number of aryl methyl sites for hydroxylation is 2. The van der Waals surface area contributed by atoms with Gasteiger partial charge in [-0.2, -0.15) is 0 Å². The minimum atomic E-state index is -0.0216. The van der Waals surface area contributed by atoms with Crippen molar-refractivity contribution in [1.29, 1.82) is 0 Å². The third kappa shape index (κ3) is 5.18. The Hall–Kier alpha value is -1.89. The Bertz CT molecular complexity index is 919. The van der Waals surface area contributed by atoms with Crippen LogP contribution in [0.3, 0.4) is 0 Å². The van der Waals surface area contributed by atoms with E-state index in [1.807, 2.05) is 31.3 Å². The summed E-state index contributed by atoms with van der Waals surface area (Å²) in [6, 6.07) is 2.72. The molecule has 0 aromatic carbocycles. The van der Waals surface area contributed by atoms with E-state index in [0.29, 0.717) is 12.6 Å². The number of pyridine rings is 1. The van der Waals surface area contributed by atoms with Crippen LogP contribution in [-0.4, -0.2) is 48.0 Å². The molecule has 1 fully saturated rings. The summed E-state index contributed by atoms with van der Waals surface area (Å²) < 4.78 is 0. The summed E-state index contributed by atoms with van der Waals surface area (Å²) in [6.45, 7) is 14.1. The first-order chi connectivity index (χ1) is 13.8. The largest absolute Gasteiger partial charge is 0.381 e. The fraction of sp³-hybridized carbons (Fsp3) is 0.522. The second-order valence-electron chi connectivity index (χ2n) is 8.44. The number of aromatic nitrogens is 1. The lowest BCUT2D eigenvalue weighted by molar-refractivity contribution is 0.140. The Morgan fingerprint density at radius 2 is 2.00 bits per heavy atom. The molecule has 3 rings (SSSR count). The molecule has 0 unspecified atom stereocenters. The Morgan fingerprint density at radius 3 is 2.62 bits per heavy atom. The van der Waals surface area contributed by atoms with Crippen LogP contribution >= 0.6 is 11.3 Å². The molecule has 2 aromatic rings. The monoisotopic (exact) mass is 414 g/mol. The topological polar surface area (TPSA) is 51.4 Å². The minimum absolute atomic E-state index is 0.0216. The molecule has 5 nitrogen and oxygen atoms in total. The van der Waals surface area contributed by atoms with Crippen LogP contribution in [0.15, 0.2) is 22.8 Å². The lowest BCUT2D eigenvalue weighted by Gasteiger charge is -2.35. The number of hydrogen-bond donors (Lipinski definition) is 2. The number of nitrogens with zero attached hydrogens (tertiary/aromatic N) is 2. The van der Waals surface area contributed by atoms with Gasteiger partial charge in [0, 0.05) is 65.0 Å². The molecule has 0 spiro atoms. The van der Waals surface area contributed by atoms with Crippen LogP contribution in [0, 0.1) is 20.8 Å². The van der Waals surface area contributed by atoms with Gasteiger partial charge in [0.25, 0.3) is 5.56 Å². The summed E-state index contributed by atoms with van der Waals surface area (Å²) in [4.78, 5) is 21.4. The maximum Gasteiger partial charge on any atom is 0.253 e. The highest BCUT2D eigenvalue weighted by Crippen LogP contribution is 2.28. The highest BCUT2D eigenvalue weighted by Gasteiger charge is 2.22. The number of piperidine rings is 1. The van der Waals surface area contributed by atoms with Crippen LogP contribution in [0.2, 0.25) is 0 Å². The number of hydrogen-bond acceptors (Lipinski definition) is 5. The van der Waals surface area contributed by atoms with Crippen molar-refractivity contribution in [3.63, 3.8) is 0 Å². The molecule has 2 aromatic heterocycles. The first-order valence-corrected chi connectivity index (χ1v) is 11.2. The Kier molecular flexibility index (Phi) is 6.98. The van der Waals surface area contributed by atoms with E-state index in [4.69, 9.17) is 0 Å². The van der Waals surface area contributed by atoms with E-state index in [-0.39, 0.29) is 5.56 Å². The van der Waals surface area contributed by atoms with Gasteiger partial charge in [0.15, 0.2) is 0 Å². The maximum absolute atomic E-state index is 12.2. The van der Waals surface area contributed by atoms with Crippen molar-refractivity contribution in [3.8, 4) is 0 Å². The molecule has 0 amide bonds. The van der Waals surface area contributed by atoms with Gasteiger partial charge >= 0.3 is 0 Å². The van der Waals surface area contributed by atoms with E-state index in [1.54, 1.807) is 0 Å². The van der Waals surface area contributed by atoms with E-state index in [0.717, 1.165) is 47.7 Å². The van der Waals surface area contributed by atoms with E-state index < -0.39 is 0 Å². The molecule has 0 atom stereocenters. The van der Waals surface area contributed by atoms with Crippen molar-refractivity contribution in [2.45, 2.75) is 52.7 Å². The maximum atomic E-state index is 12.2. The molecular weight excluding hydrogens is 380 g/mol. The van der Waals surface area contributed by atoms with Crippen molar-refractivity contribution >= 4 is 17.0 Å². The quantitative estimate of drug-likeness (QED) is 0.726. The Morgan fingerprint density at radius 1 is 1.31 bits per heavy atom. The third-order valence-corrected chi connectivity index (χ3v) is 7.17. The van der Waals surface area contributed by atoms with Crippen molar-refractivity contribution in [2.75, 3.05) is 27.2 Å². The first-order valence-electron chi connectivity index (χ1n) is 10.3. The molecule has 1 saturated heterocycles. The summed E-state index contributed by atoms with van der Waals surface area (Å²) in [7, 11) is 4.36. The molecule has 29 heavy (non-hydrogen) atoms. The number of rotatable bonds is 7. The molecular formula is C23H34N4OS.